The van der Waals surface area contributed by atoms with Crippen molar-refractivity contribution in [3.05, 3.63) is 47.5 Å². The van der Waals surface area contributed by atoms with Crippen LogP contribution in [0.4, 0.5) is 0 Å². The van der Waals surface area contributed by atoms with Gasteiger partial charge in [-0.15, -0.1) is 0 Å². The van der Waals surface area contributed by atoms with Crippen molar-refractivity contribution in [1.29, 1.82) is 0 Å². The molecule has 0 aliphatic heterocycles. The molecule has 0 aromatic heterocycles. The minimum atomic E-state index is -3.64. The van der Waals surface area contributed by atoms with Crippen molar-refractivity contribution < 1.29 is 40.4 Å². The van der Waals surface area contributed by atoms with Crippen LogP contribution < -0.4 is 37.1 Å². The highest BCUT2D eigenvalue weighted by molar-refractivity contribution is 7.89. The van der Waals surface area contributed by atoms with E-state index in [1.165, 1.54) is 12.1 Å². The predicted octanol–water partition coefficient (Wildman–Crippen LogP) is -2.33. The third kappa shape index (κ3) is 6.28. The lowest BCUT2D eigenvalue weighted by Crippen LogP contribution is -3.00. The van der Waals surface area contributed by atoms with Crippen LogP contribution in [-0.4, -0.2) is 36.3 Å². The summed E-state index contributed by atoms with van der Waals surface area (Å²) in [6.07, 6.45) is 0.806. The summed E-state index contributed by atoms with van der Waals surface area (Å²) in [6, 6.07) is 10.3. The Bertz CT molecular complexity index is 842. The molecule has 0 saturated heterocycles. The number of benzene rings is 2. The average Bonchev–Trinajstić information content (AvgIpc) is 2.64. The maximum absolute atomic E-state index is 11.3. The summed E-state index contributed by atoms with van der Waals surface area (Å²) in [5, 5.41) is 7.25. The van der Waals surface area contributed by atoms with Crippen LogP contribution in [0.3, 0.4) is 0 Å². The van der Waals surface area contributed by atoms with Gasteiger partial charge in [-0.05, 0) is 23.8 Å². The first kappa shape index (κ1) is 23.0. The maximum Gasteiger partial charge on any atom is 0.238 e. The summed E-state index contributed by atoms with van der Waals surface area (Å²) in [4.78, 5) is 0.125. The molecule has 0 unspecified atom stereocenters. The summed E-state index contributed by atoms with van der Waals surface area (Å²) < 4.78 is 38.6. The van der Waals surface area contributed by atoms with E-state index >= 15 is 0 Å². The second-order valence-electron chi connectivity index (χ2n) is 5.74. The molecule has 0 bridgehead atoms. The zero-order valence-electron chi connectivity index (χ0n) is 15.6. The third-order valence-electron chi connectivity index (χ3n) is 4.04. The Kier molecular flexibility index (Phi) is 8.84. The van der Waals surface area contributed by atoms with Crippen molar-refractivity contribution in [3.8, 4) is 17.2 Å². The van der Waals surface area contributed by atoms with Crippen LogP contribution in [0.25, 0.3) is 0 Å². The van der Waals surface area contributed by atoms with Gasteiger partial charge in [0.2, 0.25) is 10.0 Å². The van der Waals surface area contributed by atoms with Crippen molar-refractivity contribution >= 4 is 10.0 Å². The Labute approximate surface area is 166 Å². The molecule has 0 atom stereocenters. The van der Waals surface area contributed by atoms with Gasteiger partial charge in [-0.3, -0.25) is 0 Å². The molecule has 0 aliphatic carbocycles. The minimum Gasteiger partial charge on any atom is -1.00 e. The van der Waals surface area contributed by atoms with Gasteiger partial charge in [0.25, 0.3) is 0 Å². The van der Waals surface area contributed by atoms with Crippen LogP contribution in [0, 0.1) is 0 Å². The molecule has 0 fully saturated rings. The van der Waals surface area contributed by atoms with Gasteiger partial charge >= 0.3 is 0 Å². The van der Waals surface area contributed by atoms with Gasteiger partial charge in [0, 0.05) is 12.5 Å². The molecule has 2 rings (SSSR count). The molecule has 0 aliphatic rings. The first-order valence-corrected chi connectivity index (χ1v) is 9.66. The smallest absolute Gasteiger partial charge is 0.238 e. The Morgan fingerprint density at radius 3 is 2.00 bits per heavy atom. The first-order valence-electron chi connectivity index (χ1n) is 8.11. The fraction of sp³-hybridized carbons (Fsp3) is 0.333. The molecule has 0 spiro atoms. The number of rotatable bonds is 9. The maximum atomic E-state index is 11.3. The average molecular weight is 417 g/mol. The SMILES string of the molecule is COc1cc(OC)c(OC)cc1C[NH2+]CCc1ccc(S(N)(=O)=O)cc1.[Cl-]. The summed E-state index contributed by atoms with van der Waals surface area (Å²) >= 11 is 0. The van der Waals surface area contributed by atoms with Crippen LogP contribution in [0.1, 0.15) is 11.1 Å². The van der Waals surface area contributed by atoms with E-state index in [1.807, 2.05) is 12.1 Å². The molecule has 27 heavy (non-hydrogen) atoms. The van der Waals surface area contributed by atoms with Crippen molar-refractivity contribution in [2.75, 3.05) is 27.9 Å². The van der Waals surface area contributed by atoms with E-state index in [4.69, 9.17) is 19.3 Å². The molecule has 9 heteroatoms. The molecule has 0 saturated carbocycles. The summed E-state index contributed by atoms with van der Waals surface area (Å²) in [7, 11) is 1.17. The molecule has 150 valence electrons. The lowest BCUT2D eigenvalue weighted by atomic mass is 10.1. The van der Waals surface area contributed by atoms with Crippen molar-refractivity contribution in [2.24, 2.45) is 5.14 Å². The highest BCUT2D eigenvalue weighted by Gasteiger charge is 2.13. The zero-order valence-corrected chi connectivity index (χ0v) is 17.1. The van der Waals surface area contributed by atoms with Crippen molar-refractivity contribution in [3.63, 3.8) is 0 Å². The predicted molar refractivity (Wildman–Crippen MR) is 98.1 cm³/mol. The standard InChI is InChI=1S/C18H24N2O5S.ClH/c1-23-16-11-18(25-3)17(24-2)10-14(16)12-20-9-8-13-4-6-15(7-5-13)26(19,21)22;/h4-7,10-11,20H,8-9,12H2,1-3H3,(H2,19,21,22);1H. The van der Waals surface area contributed by atoms with E-state index in [0.717, 1.165) is 36.4 Å². The molecular weight excluding hydrogens is 392 g/mol. The quantitative estimate of drug-likeness (QED) is 0.446. The molecule has 2 aromatic carbocycles. The number of hydrogen-bond acceptors (Lipinski definition) is 5. The number of ether oxygens (including phenoxy) is 3. The number of quaternary nitrogens is 1. The molecule has 0 heterocycles. The number of sulfonamides is 1. The van der Waals surface area contributed by atoms with Crippen LogP contribution in [0.2, 0.25) is 0 Å². The van der Waals surface area contributed by atoms with Gasteiger partial charge in [-0.2, -0.15) is 0 Å². The Morgan fingerprint density at radius 2 is 1.48 bits per heavy atom. The number of hydrogen-bond donors (Lipinski definition) is 2. The van der Waals surface area contributed by atoms with Crippen molar-refractivity contribution in [2.45, 2.75) is 17.9 Å². The van der Waals surface area contributed by atoms with Gasteiger partial charge in [0.05, 0.1) is 38.3 Å². The highest BCUT2D eigenvalue weighted by Crippen LogP contribution is 2.34. The zero-order chi connectivity index (χ0) is 19.2. The Balaban J connectivity index is 0.00000364. The largest absolute Gasteiger partial charge is 1.00 e. The molecule has 4 N–H and O–H groups in total. The first-order chi connectivity index (χ1) is 12.4. The Hall–Kier alpha value is -2.00. The molecule has 2 aromatic rings. The van der Waals surface area contributed by atoms with Gasteiger partial charge < -0.3 is 31.9 Å². The van der Waals surface area contributed by atoms with Crippen LogP contribution in [0.5, 0.6) is 17.2 Å². The molecule has 7 nitrogen and oxygen atoms in total. The van der Waals surface area contributed by atoms with E-state index < -0.39 is 10.0 Å². The minimum absolute atomic E-state index is 0. The highest BCUT2D eigenvalue weighted by atomic mass is 35.5. The monoisotopic (exact) mass is 416 g/mol. The molecule has 0 radical (unpaired) electrons. The van der Waals surface area contributed by atoms with Crippen LogP contribution in [-0.2, 0) is 23.0 Å². The van der Waals surface area contributed by atoms with E-state index in [-0.39, 0.29) is 17.3 Å². The van der Waals surface area contributed by atoms with Crippen LogP contribution >= 0.6 is 0 Å². The van der Waals surface area contributed by atoms with E-state index in [2.05, 4.69) is 5.32 Å². The topological polar surface area (TPSA) is 104 Å². The third-order valence-corrected chi connectivity index (χ3v) is 4.97. The fourth-order valence-corrected chi connectivity index (χ4v) is 3.14. The number of halogens is 1. The molecular formula is C18H25ClN2O5S. The van der Waals surface area contributed by atoms with Crippen LogP contribution in [0.15, 0.2) is 41.3 Å². The lowest BCUT2D eigenvalue weighted by Gasteiger charge is -2.13. The second kappa shape index (κ2) is 10.4. The van der Waals surface area contributed by atoms with E-state index in [1.54, 1.807) is 33.5 Å². The number of methoxy groups -OCH3 is 3. The van der Waals surface area contributed by atoms with Crippen molar-refractivity contribution in [1.82, 2.24) is 0 Å². The summed E-state index contributed by atoms with van der Waals surface area (Å²) in [5.74, 6) is 2.04. The van der Waals surface area contributed by atoms with Gasteiger partial charge in [-0.1, -0.05) is 12.1 Å². The van der Waals surface area contributed by atoms with E-state index in [9.17, 15) is 8.42 Å². The van der Waals surface area contributed by atoms with Gasteiger partial charge in [0.15, 0.2) is 11.5 Å². The fourth-order valence-electron chi connectivity index (χ4n) is 2.62. The molecule has 0 amide bonds. The normalized spacial score (nSPS) is 10.8. The van der Waals surface area contributed by atoms with Gasteiger partial charge in [-0.25, -0.2) is 13.6 Å². The summed E-state index contributed by atoms with van der Waals surface area (Å²) in [6.45, 7) is 1.56. The van der Waals surface area contributed by atoms with Gasteiger partial charge in [0.1, 0.15) is 12.3 Å². The Morgan fingerprint density at radius 1 is 0.926 bits per heavy atom. The van der Waals surface area contributed by atoms with E-state index in [0.29, 0.717) is 11.5 Å². The lowest BCUT2D eigenvalue weighted by molar-refractivity contribution is -0.670. The number of primary sulfonamides is 1. The second-order valence-corrected chi connectivity index (χ2v) is 7.30. The number of nitrogens with two attached hydrogens (primary N) is 2. The summed E-state index contributed by atoms with van der Waals surface area (Å²) in [5.41, 5.74) is 2.06.